The van der Waals surface area contributed by atoms with E-state index < -0.39 is 10.0 Å². The summed E-state index contributed by atoms with van der Waals surface area (Å²) in [5, 5.41) is 2.81. The number of carbonyl (C=O) groups is 1. The predicted molar refractivity (Wildman–Crippen MR) is 108 cm³/mol. The number of ether oxygens (including phenoxy) is 1. The molecule has 3 rings (SSSR count). The van der Waals surface area contributed by atoms with Crippen molar-refractivity contribution in [3.05, 3.63) is 41.2 Å². The smallest absolute Gasteiger partial charge is 0.272 e. The quantitative estimate of drug-likeness (QED) is 0.770. The zero-order valence-electron chi connectivity index (χ0n) is 16.5. The molecule has 2 aromatic rings. The van der Waals surface area contributed by atoms with E-state index in [1.165, 1.54) is 4.31 Å². The number of amides is 1. The molecule has 1 aliphatic rings. The maximum absolute atomic E-state index is 13.1. The minimum Gasteiger partial charge on any atom is -0.494 e. The third-order valence-electron chi connectivity index (χ3n) is 4.93. The Kier molecular flexibility index (Phi) is 6.10. The molecule has 0 unspecified atom stereocenters. The lowest BCUT2D eigenvalue weighted by Gasteiger charge is -2.26. The molecule has 1 aliphatic heterocycles. The first-order valence-electron chi connectivity index (χ1n) is 9.58. The summed E-state index contributed by atoms with van der Waals surface area (Å²) in [5.74, 6) is 0.354. The molecule has 1 amide bonds. The van der Waals surface area contributed by atoms with E-state index in [0.717, 1.165) is 25.0 Å². The molecule has 7 nitrogen and oxygen atoms in total. The number of carbonyl (C=O) groups excluding carboxylic acids is 1. The van der Waals surface area contributed by atoms with Crippen LogP contribution < -0.4 is 10.1 Å². The molecule has 0 bridgehead atoms. The predicted octanol–water partition coefficient (Wildman–Crippen LogP) is 3.46. The summed E-state index contributed by atoms with van der Waals surface area (Å²) in [6.45, 7) is 6.90. The number of anilines is 1. The highest BCUT2D eigenvalue weighted by Crippen LogP contribution is 2.29. The van der Waals surface area contributed by atoms with Crippen LogP contribution in [0, 0.1) is 13.8 Å². The van der Waals surface area contributed by atoms with Crippen molar-refractivity contribution >= 4 is 21.6 Å². The summed E-state index contributed by atoms with van der Waals surface area (Å²) in [7, 11) is -3.62. The molecule has 1 aromatic carbocycles. The van der Waals surface area contributed by atoms with Crippen molar-refractivity contribution < 1.29 is 17.9 Å². The Balaban J connectivity index is 1.83. The molecule has 0 aliphatic carbocycles. The topological polar surface area (TPSA) is 91.5 Å². The second kappa shape index (κ2) is 8.36. The SMILES string of the molecule is CCOc1ccc(NC(=O)c2[nH]c(C)c(S(=O)(=O)N3CCCCC3)c2C)cc1. The second-order valence-corrected chi connectivity index (χ2v) is 8.83. The number of hydrogen-bond acceptors (Lipinski definition) is 4. The van der Waals surface area contributed by atoms with Crippen molar-refractivity contribution in [2.75, 3.05) is 25.0 Å². The Hall–Kier alpha value is -2.32. The monoisotopic (exact) mass is 405 g/mol. The molecular weight excluding hydrogens is 378 g/mol. The van der Waals surface area contributed by atoms with E-state index in [-0.39, 0.29) is 16.5 Å². The van der Waals surface area contributed by atoms with Crippen LogP contribution in [-0.4, -0.2) is 43.3 Å². The summed E-state index contributed by atoms with van der Waals surface area (Å²) in [6.07, 6.45) is 2.78. The van der Waals surface area contributed by atoms with Gasteiger partial charge in [0.15, 0.2) is 0 Å². The molecule has 28 heavy (non-hydrogen) atoms. The Labute approximate surface area is 166 Å². The normalized spacial score (nSPS) is 15.4. The molecule has 1 aromatic heterocycles. The molecule has 0 atom stereocenters. The van der Waals surface area contributed by atoms with Crippen molar-refractivity contribution in [3.63, 3.8) is 0 Å². The number of rotatable bonds is 6. The summed E-state index contributed by atoms with van der Waals surface area (Å²) in [5.41, 5.74) is 1.81. The van der Waals surface area contributed by atoms with E-state index in [4.69, 9.17) is 4.74 Å². The van der Waals surface area contributed by atoms with Gasteiger partial charge in [0, 0.05) is 24.5 Å². The van der Waals surface area contributed by atoms with Gasteiger partial charge >= 0.3 is 0 Å². The maximum atomic E-state index is 13.1. The average molecular weight is 406 g/mol. The maximum Gasteiger partial charge on any atom is 0.272 e. The molecule has 0 spiro atoms. The van der Waals surface area contributed by atoms with Gasteiger partial charge in [-0.3, -0.25) is 4.79 Å². The highest BCUT2D eigenvalue weighted by molar-refractivity contribution is 7.89. The van der Waals surface area contributed by atoms with Crippen LogP contribution in [0.4, 0.5) is 5.69 Å². The number of hydrogen-bond donors (Lipinski definition) is 2. The number of piperidine rings is 1. The van der Waals surface area contributed by atoms with Gasteiger partial charge in [0.1, 0.15) is 16.3 Å². The first-order chi connectivity index (χ1) is 13.3. The van der Waals surface area contributed by atoms with E-state index in [9.17, 15) is 13.2 Å². The van der Waals surface area contributed by atoms with Crippen molar-refractivity contribution in [3.8, 4) is 5.75 Å². The van der Waals surface area contributed by atoms with Gasteiger partial charge in [-0.2, -0.15) is 4.31 Å². The standard InChI is InChI=1S/C20H27N3O4S/c1-4-27-17-10-8-16(9-11-17)22-20(24)18-14(2)19(15(3)21-18)28(25,26)23-12-6-5-7-13-23/h8-11,21H,4-7,12-13H2,1-3H3,(H,22,24). The molecule has 0 radical (unpaired) electrons. The third kappa shape index (κ3) is 4.07. The number of nitrogens with zero attached hydrogens (tertiary/aromatic N) is 1. The van der Waals surface area contributed by atoms with Crippen LogP contribution in [0.2, 0.25) is 0 Å². The lowest BCUT2D eigenvalue weighted by atomic mass is 10.2. The first kappa shape index (κ1) is 20.4. The number of nitrogens with one attached hydrogen (secondary N) is 2. The lowest BCUT2D eigenvalue weighted by Crippen LogP contribution is -2.36. The van der Waals surface area contributed by atoms with Gasteiger partial charge < -0.3 is 15.0 Å². The highest BCUT2D eigenvalue weighted by Gasteiger charge is 2.32. The van der Waals surface area contributed by atoms with Gasteiger partial charge in [-0.25, -0.2) is 8.42 Å². The van der Waals surface area contributed by atoms with E-state index in [1.54, 1.807) is 38.1 Å². The number of aromatic amines is 1. The number of H-pyrrole nitrogens is 1. The average Bonchev–Trinajstić information content (AvgIpc) is 2.99. The van der Waals surface area contributed by atoms with Crippen LogP contribution in [0.5, 0.6) is 5.75 Å². The molecule has 1 fully saturated rings. The van der Waals surface area contributed by atoms with Crippen LogP contribution in [0.15, 0.2) is 29.2 Å². The summed E-state index contributed by atoms with van der Waals surface area (Å²) < 4.78 is 33.1. The Bertz CT molecular complexity index is 943. The van der Waals surface area contributed by atoms with Gasteiger partial charge in [0.25, 0.3) is 5.91 Å². The molecule has 1 saturated heterocycles. The summed E-state index contributed by atoms with van der Waals surface area (Å²) in [6, 6.07) is 7.05. The minimum atomic E-state index is -3.62. The first-order valence-corrected chi connectivity index (χ1v) is 11.0. The van der Waals surface area contributed by atoms with E-state index in [1.807, 2.05) is 6.92 Å². The number of benzene rings is 1. The van der Waals surface area contributed by atoms with E-state index in [0.29, 0.717) is 36.6 Å². The lowest BCUT2D eigenvalue weighted by molar-refractivity contribution is 0.102. The van der Waals surface area contributed by atoms with Crippen LogP contribution >= 0.6 is 0 Å². The third-order valence-corrected chi connectivity index (χ3v) is 7.11. The van der Waals surface area contributed by atoms with Crippen LogP contribution in [0.25, 0.3) is 0 Å². The molecule has 2 heterocycles. The Morgan fingerprint density at radius 1 is 1.14 bits per heavy atom. The van der Waals surface area contributed by atoms with Crippen LogP contribution in [0.3, 0.4) is 0 Å². The number of sulfonamides is 1. The van der Waals surface area contributed by atoms with Crippen molar-refractivity contribution in [2.45, 2.75) is 44.9 Å². The minimum absolute atomic E-state index is 0.214. The molecular formula is C20H27N3O4S. The van der Waals surface area contributed by atoms with Gasteiger partial charge in [-0.1, -0.05) is 6.42 Å². The second-order valence-electron chi connectivity index (χ2n) is 6.96. The van der Waals surface area contributed by atoms with Crippen LogP contribution in [-0.2, 0) is 10.0 Å². The molecule has 2 N–H and O–H groups in total. The fourth-order valence-electron chi connectivity index (χ4n) is 3.58. The largest absolute Gasteiger partial charge is 0.494 e. The highest BCUT2D eigenvalue weighted by atomic mass is 32.2. The van der Waals surface area contributed by atoms with Gasteiger partial charge in [-0.15, -0.1) is 0 Å². The fourth-order valence-corrected chi connectivity index (χ4v) is 5.50. The van der Waals surface area contributed by atoms with Crippen molar-refractivity contribution in [2.24, 2.45) is 0 Å². The molecule has 0 saturated carbocycles. The van der Waals surface area contributed by atoms with Gasteiger partial charge in [0.2, 0.25) is 10.0 Å². The van der Waals surface area contributed by atoms with Gasteiger partial charge in [0.05, 0.1) is 6.61 Å². The van der Waals surface area contributed by atoms with Gasteiger partial charge in [-0.05, 0) is 63.4 Å². The number of aryl methyl sites for hydroxylation is 1. The summed E-state index contributed by atoms with van der Waals surface area (Å²) >= 11 is 0. The summed E-state index contributed by atoms with van der Waals surface area (Å²) in [4.78, 5) is 15.9. The van der Waals surface area contributed by atoms with E-state index >= 15 is 0 Å². The van der Waals surface area contributed by atoms with Crippen LogP contribution in [0.1, 0.15) is 47.9 Å². The fraction of sp³-hybridized carbons (Fsp3) is 0.450. The zero-order valence-corrected chi connectivity index (χ0v) is 17.4. The Morgan fingerprint density at radius 3 is 2.39 bits per heavy atom. The Morgan fingerprint density at radius 2 is 1.79 bits per heavy atom. The van der Waals surface area contributed by atoms with Crippen molar-refractivity contribution in [1.29, 1.82) is 0 Å². The zero-order chi connectivity index (χ0) is 20.3. The molecule has 152 valence electrons. The number of aromatic nitrogens is 1. The van der Waals surface area contributed by atoms with E-state index in [2.05, 4.69) is 10.3 Å². The van der Waals surface area contributed by atoms with Crippen molar-refractivity contribution in [1.82, 2.24) is 9.29 Å². The molecule has 8 heteroatoms.